The van der Waals surface area contributed by atoms with Gasteiger partial charge in [0.1, 0.15) is 5.75 Å². The lowest BCUT2D eigenvalue weighted by molar-refractivity contribution is -0.201. The molecule has 2 saturated heterocycles. The zero-order valence-electron chi connectivity index (χ0n) is 48.3. The van der Waals surface area contributed by atoms with Crippen LogP contribution in [0, 0.1) is 106 Å². The normalized spacial score (nSPS) is 44.7. The molecule has 23 atom stereocenters. The number of aromatic hydroxyl groups is 1. The molecule has 0 spiro atoms. The number of carbonyl (C=O) groups is 3. The van der Waals surface area contributed by atoms with Gasteiger partial charge in [-0.2, -0.15) is 0 Å². The molecule has 0 unspecified atom stereocenters. The Bertz CT molecular complexity index is 3040. The Morgan fingerprint density at radius 2 is 1.73 bits per heavy atom. The SMILES string of the molecule is C[C@H]1CCC2=C[C@H]3C=C[C@@H]4[C@@H]([C@@H]5COC(=O)[C@H]5c5cc[nH]c5)C#CC[C@@H]5C[C@@]6(O)C7=C8NCC(=O)C[C@@H](c9ccc(O)cc9)CSSC[C@@H]9[C@@H](O)[C@@H](O)C[C@@](C)([C@@H]9C8=O)[C@H]7CC[C@]6(CCN=C(N)N)[C@H]5[C@@](C)(O)[C@H](O)C[C@@H](C(O)O)[C@H]3[C@@H]4[C@H]2C1. The molecule has 2 aliphatic heterocycles. The van der Waals surface area contributed by atoms with Gasteiger partial charge >= 0.3 is 5.97 Å². The highest BCUT2D eigenvalue weighted by molar-refractivity contribution is 8.76. The molecule has 2 aromatic rings. The summed E-state index contributed by atoms with van der Waals surface area (Å²) in [5.74, 6) is 0.00229. The number of nitrogens with one attached hydrogen (secondary N) is 2. The lowest BCUT2D eigenvalue weighted by Gasteiger charge is -2.63. The number of Topliss-reactive ketones (excluding diaryl/α,β-unsaturated/α-hetero) is 2. The number of nitrogens with zero attached hydrogens (tertiary/aromatic N) is 1. The number of hydrogen-bond donors (Lipinski definition) is 12. The van der Waals surface area contributed by atoms with Crippen molar-refractivity contribution < 1.29 is 60.0 Å². The van der Waals surface area contributed by atoms with E-state index in [-0.39, 0.29) is 129 Å². The monoisotopic (exact) mass is 1190 g/mol. The number of allylic oxidation sites excluding steroid dienone is 5. The third kappa shape index (κ3) is 9.91. The number of benzene rings is 1. The minimum Gasteiger partial charge on any atom is -0.508 e. The van der Waals surface area contributed by atoms with Gasteiger partial charge in [-0.05, 0) is 152 Å². The van der Waals surface area contributed by atoms with E-state index < -0.39 is 106 Å². The number of aliphatic hydroxyl groups excluding tert-OH is 4. The van der Waals surface area contributed by atoms with Crippen molar-refractivity contribution in [2.45, 2.75) is 139 Å². The molecule has 4 saturated carbocycles. The molecule has 12 rings (SSSR count). The van der Waals surface area contributed by atoms with E-state index in [0.717, 1.165) is 30.4 Å². The number of ether oxygens (including phenoxy) is 1. The van der Waals surface area contributed by atoms with Crippen molar-refractivity contribution >= 4 is 45.1 Å². The van der Waals surface area contributed by atoms with Crippen molar-refractivity contribution in [1.29, 1.82) is 0 Å². The number of rotatable bonds is 7. The van der Waals surface area contributed by atoms with Crippen LogP contribution in [0.2, 0.25) is 0 Å². The summed E-state index contributed by atoms with van der Waals surface area (Å²) in [7, 11) is 3.02. The number of esters is 1. The van der Waals surface area contributed by atoms with Crippen LogP contribution >= 0.6 is 21.6 Å². The number of ketones is 2. The summed E-state index contributed by atoms with van der Waals surface area (Å²) in [4.78, 5) is 52.2. The van der Waals surface area contributed by atoms with Crippen LogP contribution in [-0.4, -0.2) is 136 Å². The molecule has 10 aliphatic rings. The molecule has 1 aromatic heterocycles. The Morgan fingerprint density at radius 1 is 0.952 bits per heavy atom. The largest absolute Gasteiger partial charge is 0.508 e. The fourth-order valence-electron chi connectivity index (χ4n) is 19.7. The average Bonchev–Trinajstić information content (AvgIpc) is 1.35. The van der Waals surface area contributed by atoms with Gasteiger partial charge < -0.3 is 67.4 Å². The molecule has 0 amide bonds. The van der Waals surface area contributed by atoms with E-state index in [2.05, 4.69) is 52.3 Å². The molecule has 1 aromatic carbocycles. The van der Waals surface area contributed by atoms with E-state index in [1.165, 1.54) is 27.2 Å². The van der Waals surface area contributed by atoms with Crippen molar-refractivity contribution in [2.24, 2.45) is 110 Å². The van der Waals surface area contributed by atoms with Crippen LogP contribution in [-0.2, 0) is 19.1 Å². The number of aliphatic hydroxyl groups is 7. The van der Waals surface area contributed by atoms with E-state index in [1.54, 1.807) is 37.4 Å². The van der Waals surface area contributed by atoms with Crippen molar-refractivity contribution in [2.75, 3.05) is 31.2 Å². The smallest absolute Gasteiger partial charge is 0.313 e. The maximum Gasteiger partial charge on any atom is 0.313 e. The highest BCUT2D eigenvalue weighted by atomic mass is 33.1. The molecule has 6 fully saturated rings. The molecule has 17 nitrogen and oxygen atoms in total. The number of H-pyrrole nitrogens is 1. The Morgan fingerprint density at radius 3 is 2.46 bits per heavy atom. The molecule has 454 valence electrons. The predicted molar refractivity (Wildman–Crippen MR) is 319 cm³/mol. The van der Waals surface area contributed by atoms with Crippen LogP contribution in [0.15, 0.2) is 82.8 Å². The number of phenols is 1. The van der Waals surface area contributed by atoms with Crippen LogP contribution in [0.3, 0.4) is 0 Å². The van der Waals surface area contributed by atoms with Gasteiger partial charge in [0.15, 0.2) is 23.8 Å². The van der Waals surface area contributed by atoms with Gasteiger partial charge in [0.25, 0.3) is 0 Å². The molecule has 0 radical (unpaired) electrons. The molecular formula is C65H85N5O12S2. The maximum absolute atomic E-state index is 16.1. The zero-order chi connectivity index (χ0) is 59.4. The summed E-state index contributed by atoms with van der Waals surface area (Å²) < 4.78 is 5.99. The number of carbonyl (C=O) groups excluding carboxylic acids is 3. The van der Waals surface area contributed by atoms with E-state index in [0.29, 0.717) is 29.4 Å². The van der Waals surface area contributed by atoms with Crippen molar-refractivity contribution in [3.63, 3.8) is 0 Å². The number of aromatic amines is 1. The second-order valence-corrected chi connectivity index (χ2v) is 30.1. The molecule has 19 heteroatoms. The standard InChI is InChI=1S/C65H85N5O12S2/c1-32-7-8-34-22-35-11-14-42-41(45-29-82-60(79)51(45)37-16-19-68-27-37)6-4-5-36-25-65(81)54-47(15-17-64(65,18-20-69-61(66)67)58(36)63(3,80)49(74)24-44(59(77)78)50(35)52(42)43(34)21-32)62(2)26-48(73)56(75)46-31-84-83-30-38(33-9-12-39(71)13-10-33)23-40(72)28-70-55(54)57(76)53(46)62/h9-14,16,19,22,27,32,35-36,38,41-53,56,58-59,68,70-71,73-75,77-78,80-81H,5,7-8,15,17-18,20-21,23-26,28-31H2,1-3H3,(H4,66,67,69)/t32-,35+,36+,38+,41-,42+,43-,44+,45-,46-,47-,48-,49+,50-,51-,52-,53-,56+,58+,62+,63-,64-,65+/m0/s1. The highest BCUT2D eigenvalue weighted by Gasteiger charge is 2.75. The Hall–Kier alpha value is -4.62. The van der Waals surface area contributed by atoms with Crippen LogP contribution in [0.4, 0.5) is 0 Å². The molecule has 14 N–H and O–H groups in total. The second kappa shape index (κ2) is 22.8. The number of nitrogens with two attached hydrogens (primary N) is 2. The van der Waals surface area contributed by atoms with Crippen LogP contribution < -0.4 is 16.8 Å². The third-order valence-corrected chi connectivity index (χ3v) is 25.7. The second-order valence-electron chi connectivity index (χ2n) is 27.6. The van der Waals surface area contributed by atoms with Crippen molar-refractivity contribution in [3.8, 4) is 17.6 Å². The first-order chi connectivity index (χ1) is 40.1. The third-order valence-electron chi connectivity index (χ3n) is 23.2. The fourth-order valence-corrected chi connectivity index (χ4v) is 22.4. The van der Waals surface area contributed by atoms with Crippen molar-refractivity contribution in [3.05, 3.63) is 88.9 Å². The van der Waals surface area contributed by atoms with Crippen LogP contribution in [0.5, 0.6) is 5.75 Å². The molecule has 3 heterocycles. The van der Waals surface area contributed by atoms with Gasteiger partial charge in [-0.15, -0.1) is 5.92 Å². The number of fused-ring (bicyclic) bond motifs is 8. The molecule has 8 aliphatic carbocycles. The summed E-state index contributed by atoms with van der Waals surface area (Å²) >= 11 is 0. The molecule has 84 heavy (non-hydrogen) atoms. The first-order valence-corrected chi connectivity index (χ1v) is 33.2. The first-order valence-electron chi connectivity index (χ1n) is 30.7. The predicted octanol–water partition coefficient (Wildman–Crippen LogP) is 5.20. The quantitative estimate of drug-likeness (QED) is 0.0323. The lowest BCUT2D eigenvalue weighted by atomic mass is 9.43. The molecule has 6 bridgehead atoms. The number of cyclic esters (lactones) is 1. The average molecular weight is 1190 g/mol. The fraction of sp³-hybridized carbons (Fsp3) is 0.662. The van der Waals surface area contributed by atoms with Gasteiger partial charge in [0.2, 0.25) is 0 Å². The molecular weight excluding hydrogens is 1110 g/mol. The minimum atomic E-state index is -2.08. The number of aliphatic imine (C=N–C) groups is 1. The summed E-state index contributed by atoms with van der Waals surface area (Å²) in [6.45, 7) is 5.66. The Kier molecular flexibility index (Phi) is 16.2. The van der Waals surface area contributed by atoms with E-state index in [1.807, 2.05) is 19.2 Å². The number of phenolic OH excluding ortho intramolecular Hbond substituents is 1. The van der Waals surface area contributed by atoms with E-state index in [4.69, 9.17) is 16.2 Å². The summed E-state index contributed by atoms with van der Waals surface area (Å²) in [5.41, 5.74) is 9.06. The van der Waals surface area contributed by atoms with Gasteiger partial charge in [-0.25, -0.2) is 0 Å². The van der Waals surface area contributed by atoms with Gasteiger partial charge in [0.05, 0.1) is 54.3 Å². The summed E-state index contributed by atoms with van der Waals surface area (Å²) in [6.07, 6.45) is 7.79. The summed E-state index contributed by atoms with van der Waals surface area (Å²) in [6, 6.07) is 8.66. The van der Waals surface area contributed by atoms with Gasteiger partial charge in [0, 0.05) is 90.1 Å². The van der Waals surface area contributed by atoms with Crippen LogP contribution in [0.1, 0.15) is 114 Å². The van der Waals surface area contributed by atoms with E-state index >= 15 is 4.79 Å². The van der Waals surface area contributed by atoms with Crippen LogP contribution in [0.25, 0.3) is 0 Å². The van der Waals surface area contributed by atoms with Gasteiger partial charge in [-0.3, -0.25) is 19.4 Å². The topological polar surface area (TPSA) is 315 Å². The number of hydrogen-bond acceptors (Lipinski definition) is 16. The van der Waals surface area contributed by atoms with Crippen molar-refractivity contribution in [1.82, 2.24) is 10.3 Å². The number of guanidine groups is 1. The van der Waals surface area contributed by atoms with Gasteiger partial charge in [-0.1, -0.05) is 77.3 Å². The maximum atomic E-state index is 16.1. The highest BCUT2D eigenvalue weighted by Crippen LogP contribution is 2.73. The Balaban J connectivity index is 1.03. The Labute approximate surface area is 499 Å². The van der Waals surface area contributed by atoms with E-state index in [9.17, 15) is 50.4 Å². The zero-order valence-corrected chi connectivity index (χ0v) is 49.9. The summed E-state index contributed by atoms with van der Waals surface area (Å²) in [5, 5.41) is 103. The lowest BCUT2D eigenvalue weighted by Crippen LogP contribution is -2.67. The first kappa shape index (κ1) is 59.7. The minimum absolute atomic E-state index is 0.0111. The number of aromatic nitrogens is 1.